The lowest BCUT2D eigenvalue weighted by atomic mass is 10.2. The second kappa shape index (κ2) is 3.88. The number of rotatable bonds is 3. The lowest BCUT2D eigenvalue weighted by molar-refractivity contribution is -0.138. The van der Waals surface area contributed by atoms with Gasteiger partial charge < -0.3 is 9.84 Å². The maximum Gasteiger partial charge on any atom is 0.420 e. The highest BCUT2D eigenvalue weighted by molar-refractivity contribution is 5.41. The average molecular weight is 232 g/mol. The third-order valence-corrected chi connectivity index (χ3v) is 2.46. The SMILES string of the molecule is Oc1ccc(OCC2CC2)cc1C(F)(F)F. The van der Waals surface area contributed by atoms with Crippen molar-refractivity contribution in [1.82, 2.24) is 0 Å². The molecule has 0 aromatic heterocycles. The standard InChI is InChI=1S/C11H11F3O2/c12-11(13,14)9-5-8(3-4-10(9)15)16-6-7-1-2-7/h3-5,7,15H,1-2,6H2. The molecular formula is C11H11F3O2. The maximum absolute atomic E-state index is 12.4. The molecule has 1 fully saturated rings. The number of aromatic hydroxyl groups is 1. The van der Waals surface area contributed by atoms with Gasteiger partial charge in [0.25, 0.3) is 0 Å². The highest BCUT2D eigenvalue weighted by Gasteiger charge is 2.34. The summed E-state index contributed by atoms with van der Waals surface area (Å²) in [6.07, 6.45) is -2.41. The zero-order valence-electron chi connectivity index (χ0n) is 8.42. The maximum atomic E-state index is 12.4. The van der Waals surface area contributed by atoms with Gasteiger partial charge in [-0.05, 0) is 37.0 Å². The smallest absolute Gasteiger partial charge is 0.420 e. The monoisotopic (exact) mass is 232 g/mol. The predicted octanol–water partition coefficient (Wildman–Crippen LogP) is 3.20. The van der Waals surface area contributed by atoms with Crippen LogP contribution in [0.2, 0.25) is 0 Å². The van der Waals surface area contributed by atoms with Crippen molar-refractivity contribution in [1.29, 1.82) is 0 Å². The first-order valence-corrected chi connectivity index (χ1v) is 5.00. The van der Waals surface area contributed by atoms with Gasteiger partial charge in [-0.1, -0.05) is 0 Å². The molecule has 0 amide bonds. The van der Waals surface area contributed by atoms with Gasteiger partial charge in [0.1, 0.15) is 17.1 Å². The molecule has 2 nitrogen and oxygen atoms in total. The van der Waals surface area contributed by atoms with Crippen LogP contribution >= 0.6 is 0 Å². The van der Waals surface area contributed by atoms with Gasteiger partial charge in [0, 0.05) is 0 Å². The Balaban J connectivity index is 2.13. The summed E-state index contributed by atoms with van der Waals surface area (Å²) >= 11 is 0. The van der Waals surface area contributed by atoms with E-state index in [2.05, 4.69) is 0 Å². The third kappa shape index (κ3) is 2.59. The van der Waals surface area contributed by atoms with E-state index >= 15 is 0 Å². The minimum Gasteiger partial charge on any atom is -0.507 e. The molecule has 1 aromatic rings. The third-order valence-electron chi connectivity index (χ3n) is 2.46. The molecule has 0 atom stereocenters. The lowest BCUT2D eigenvalue weighted by Crippen LogP contribution is -2.06. The van der Waals surface area contributed by atoms with E-state index in [9.17, 15) is 13.2 Å². The minimum absolute atomic E-state index is 0.150. The van der Waals surface area contributed by atoms with Crippen molar-refractivity contribution in [3.05, 3.63) is 23.8 Å². The van der Waals surface area contributed by atoms with Crippen LogP contribution in [-0.2, 0) is 6.18 Å². The summed E-state index contributed by atoms with van der Waals surface area (Å²) in [7, 11) is 0. The molecule has 0 unspecified atom stereocenters. The summed E-state index contributed by atoms with van der Waals surface area (Å²) in [5.74, 6) is -0.147. The molecular weight excluding hydrogens is 221 g/mol. The number of halogens is 3. The molecule has 1 N–H and O–H groups in total. The van der Waals surface area contributed by atoms with Gasteiger partial charge in [0.05, 0.1) is 6.61 Å². The minimum atomic E-state index is -4.55. The lowest BCUT2D eigenvalue weighted by Gasteiger charge is -2.11. The van der Waals surface area contributed by atoms with E-state index in [1.54, 1.807) is 0 Å². The molecule has 1 aliphatic carbocycles. The zero-order valence-corrected chi connectivity index (χ0v) is 8.42. The molecule has 0 radical (unpaired) electrons. The van der Waals surface area contributed by atoms with Crippen LogP contribution in [0.1, 0.15) is 18.4 Å². The Morgan fingerprint density at radius 1 is 1.31 bits per heavy atom. The molecule has 0 saturated heterocycles. The van der Waals surface area contributed by atoms with Crippen molar-refractivity contribution < 1.29 is 23.0 Å². The molecule has 1 saturated carbocycles. The molecule has 2 rings (SSSR count). The zero-order chi connectivity index (χ0) is 11.8. The van der Waals surface area contributed by atoms with Crippen molar-refractivity contribution >= 4 is 0 Å². The summed E-state index contributed by atoms with van der Waals surface area (Å²) in [6.45, 7) is 0.447. The topological polar surface area (TPSA) is 29.5 Å². The van der Waals surface area contributed by atoms with Crippen LogP contribution in [0.25, 0.3) is 0 Å². The summed E-state index contributed by atoms with van der Waals surface area (Å²) in [5.41, 5.74) is -1.05. The fraction of sp³-hybridized carbons (Fsp3) is 0.455. The summed E-state index contributed by atoms with van der Waals surface area (Å²) in [6, 6.07) is 3.18. The van der Waals surface area contributed by atoms with E-state index in [0.717, 1.165) is 25.0 Å². The molecule has 5 heteroatoms. The van der Waals surface area contributed by atoms with Gasteiger partial charge in [-0.15, -0.1) is 0 Å². The molecule has 0 aliphatic heterocycles. The normalized spacial score (nSPS) is 16.2. The largest absolute Gasteiger partial charge is 0.507 e. The van der Waals surface area contributed by atoms with Crippen LogP contribution in [0.4, 0.5) is 13.2 Å². The van der Waals surface area contributed by atoms with E-state index in [-0.39, 0.29) is 5.75 Å². The van der Waals surface area contributed by atoms with Crippen molar-refractivity contribution in [2.24, 2.45) is 5.92 Å². The molecule has 1 aromatic carbocycles. The summed E-state index contributed by atoms with van der Waals surface area (Å²) in [4.78, 5) is 0. The molecule has 88 valence electrons. The molecule has 16 heavy (non-hydrogen) atoms. The first kappa shape index (κ1) is 11.1. The number of phenolic OH excluding ortho intramolecular Hbond substituents is 1. The highest BCUT2D eigenvalue weighted by Crippen LogP contribution is 2.38. The Morgan fingerprint density at radius 3 is 2.56 bits per heavy atom. The van der Waals surface area contributed by atoms with Gasteiger partial charge in [0.15, 0.2) is 0 Å². The van der Waals surface area contributed by atoms with Crippen molar-refractivity contribution in [2.45, 2.75) is 19.0 Å². The average Bonchev–Trinajstić information content (AvgIpc) is 2.98. The van der Waals surface area contributed by atoms with Crippen LogP contribution in [0.5, 0.6) is 11.5 Å². The van der Waals surface area contributed by atoms with Crippen LogP contribution in [0.15, 0.2) is 18.2 Å². The predicted molar refractivity (Wildman–Crippen MR) is 51.3 cm³/mol. The fourth-order valence-corrected chi connectivity index (χ4v) is 1.33. The first-order valence-electron chi connectivity index (χ1n) is 5.00. The van der Waals surface area contributed by atoms with Gasteiger partial charge in [-0.3, -0.25) is 0 Å². The van der Waals surface area contributed by atoms with E-state index in [1.165, 1.54) is 6.07 Å². The Kier molecular flexibility index (Phi) is 2.69. The Labute approximate surface area is 90.7 Å². The summed E-state index contributed by atoms with van der Waals surface area (Å²) < 4.78 is 42.5. The van der Waals surface area contributed by atoms with Gasteiger partial charge >= 0.3 is 6.18 Å². The Hall–Kier alpha value is -1.39. The van der Waals surface area contributed by atoms with Crippen LogP contribution in [0.3, 0.4) is 0 Å². The van der Waals surface area contributed by atoms with E-state index in [0.29, 0.717) is 12.5 Å². The van der Waals surface area contributed by atoms with Gasteiger partial charge in [0.2, 0.25) is 0 Å². The Morgan fingerprint density at radius 2 is 2.00 bits per heavy atom. The number of ether oxygens (including phenoxy) is 1. The van der Waals surface area contributed by atoms with Gasteiger partial charge in [-0.2, -0.15) is 13.2 Å². The molecule has 0 bridgehead atoms. The number of hydrogen-bond donors (Lipinski definition) is 1. The number of benzene rings is 1. The van der Waals surface area contributed by atoms with E-state index in [4.69, 9.17) is 9.84 Å². The highest BCUT2D eigenvalue weighted by atomic mass is 19.4. The fourth-order valence-electron chi connectivity index (χ4n) is 1.33. The number of alkyl halides is 3. The van der Waals surface area contributed by atoms with Crippen LogP contribution in [-0.4, -0.2) is 11.7 Å². The second-order valence-electron chi connectivity index (χ2n) is 3.93. The van der Waals surface area contributed by atoms with E-state index < -0.39 is 17.5 Å². The number of phenols is 1. The second-order valence-corrected chi connectivity index (χ2v) is 3.93. The quantitative estimate of drug-likeness (QED) is 0.867. The summed E-state index contributed by atoms with van der Waals surface area (Å²) in [5, 5.41) is 9.08. The first-order chi connectivity index (χ1) is 7.47. The van der Waals surface area contributed by atoms with Crippen LogP contribution in [0, 0.1) is 5.92 Å². The number of hydrogen-bond acceptors (Lipinski definition) is 2. The van der Waals surface area contributed by atoms with Crippen molar-refractivity contribution in [3.8, 4) is 11.5 Å². The van der Waals surface area contributed by atoms with Crippen molar-refractivity contribution in [3.63, 3.8) is 0 Å². The molecule has 1 aliphatic rings. The Bertz CT molecular complexity index is 383. The van der Waals surface area contributed by atoms with Gasteiger partial charge in [-0.25, -0.2) is 0 Å². The van der Waals surface area contributed by atoms with E-state index in [1.807, 2.05) is 0 Å². The molecule has 0 heterocycles. The van der Waals surface area contributed by atoms with Crippen molar-refractivity contribution in [2.75, 3.05) is 6.61 Å². The molecule has 0 spiro atoms. The van der Waals surface area contributed by atoms with Crippen LogP contribution < -0.4 is 4.74 Å².